The van der Waals surface area contributed by atoms with Crippen molar-refractivity contribution in [2.75, 3.05) is 19.8 Å². The second-order valence-corrected chi connectivity index (χ2v) is 7.12. The monoisotopic (exact) mass is 301 g/mol. The Labute approximate surface area is 118 Å². The van der Waals surface area contributed by atoms with Crippen molar-refractivity contribution in [2.45, 2.75) is 43.5 Å². The summed E-state index contributed by atoms with van der Waals surface area (Å²) in [6.07, 6.45) is 2.07. The molecule has 20 heavy (non-hydrogen) atoms. The molecule has 112 valence electrons. The largest absolute Gasteiger partial charge is 0.378 e. The maximum atomic E-state index is 12.4. The van der Waals surface area contributed by atoms with Gasteiger partial charge in [-0.15, -0.1) is 0 Å². The van der Waals surface area contributed by atoms with E-state index in [0.717, 1.165) is 17.1 Å². The van der Waals surface area contributed by atoms with E-state index in [1.165, 1.54) is 0 Å². The van der Waals surface area contributed by atoms with E-state index in [1.54, 1.807) is 13.0 Å². The highest BCUT2D eigenvalue weighted by molar-refractivity contribution is 7.90. The van der Waals surface area contributed by atoms with E-state index in [2.05, 4.69) is 5.32 Å². The highest BCUT2D eigenvalue weighted by Gasteiger charge is 2.42. The molecule has 1 aliphatic carbocycles. The molecule has 2 fully saturated rings. The molecule has 2 aliphatic rings. The van der Waals surface area contributed by atoms with Crippen LogP contribution in [0.3, 0.4) is 0 Å². The van der Waals surface area contributed by atoms with Gasteiger partial charge in [0.15, 0.2) is 5.25 Å². The minimum atomic E-state index is -3.80. The molecule has 1 saturated carbocycles. The first-order chi connectivity index (χ1) is 9.50. The van der Waals surface area contributed by atoms with Gasteiger partial charge in [-0.3, -0.25) is 4.79 Å². The molecule has 2 rings (SSSR count). The second-order valence-electron chi connectivity index (χ2n) is 5.06. The van der Waals surface area contributed by atoms with Crippen LogP contribution >= 0.6 is 0 Å². The Balaban J connectivity index is 2.17. The highest BCUT2D eigenvalue weighted by Crippen LogP contribution is 2.22. The van der Waals surface area contributed by atoms with Crippen LogP contribution < -0.4 is 5.32 Å². The summed E-state index contributed by atoms with van der Waals surface area (Å²) in [5.41, 5.74) is 0. The van der Waals surface area contributed by atoms with Crippen LogP contribution in [-0.4, -0.2) is 55.7 Å². The topological polar surface area (TPSA) is 99.5 Å². The van der Waals surface area contributed by atoms with Crippen molar-refractivity contribution in [2.24, 2.45) is 0 Å². The maximum absolute atomic E-state index is 12.4. The van der Waals surface area contributed by atoms with Crippen molar-refractivity contribution in [3.8, 4) is 6.07 Å². The summed E-state index contributed by atoms with van der Waals surface area (Å²) in [5, 5.41) is 10.7. The Morgan fingerprint density at radius 2 is 2.25 bits per heavy atom. The number of carbonyl (C=O) groups is 1. The minimum Gasteiger partial charge on any atom is -0.378 e. The van der Waals surface area contributed by atoms with Crippen molar-refractivity contribution in [3.63, 3.8) is 0 Å². The summed E-state index contributed by atoms with van der Waals surface area (Å²) in [4.78, 5) is 12.1. The van der Waals surface area contributed by atoms with Gasteiger partial charge in [0.2, 0.25) is 15.9 Å². The molecule has 7 nitrogen and oxygen atoms in total. The summed E-state index contributed by atoms with van der Waals surface area (Å²) < 4.78 is 31.2. The zero-order chi connectivity index (χ0) is 14.8. The zero-order valence-corrected chi connectivity index (χ0v) is 12.2. The smallest absolute Gasteiger partial charge is 0.241 e. The number of hydrogen-bond acceptors (Lipinski definition) is 5. The van der Waals surface area contributed by atoms with Crippen LogP contribution in [-0.2, 0) is 19.6 Å². The Morgan fingerprint density at radius 1 is 1.55 bits per heavy atom. The number of nitriles is 1. The van der Waals surface area contributed by atoms with Gasteiger partial charge in [0.25, 0.3) is 0 Å². The van der Waals surface area contributed by atoms with Gasteiger partial charge in [0, 0.05) is 12.6 Å². The third-order valence-corrected chi connectivity index (χ3v) is 5.76. The number of morpholine rings is 1. The molecule has 1 N–H and O–H groups in total. The number of ether oxygens (including phenoxy) is 1. The first-order valence-electron chi connectivity index (χ1n) is 6.79. The van der Waals surface area contributed by atoms with Crippen LogP contribution in [0.2, 0.25) is 0 Å². The van der Waals surface area contributed by atoms with Crippen LogP contribution in [0.1, 0.15) is 26.2 Å². The Morgan fingerprint density at radius 3 is 2.80 bits per heavy atom. The van der Waals surface area contributed by atoms with Crippen molar-refractivity contribution >= 4 is 15.9 Å². The van der Waals surface area contributed by atoms with Crippen LogP contribution in [0, 0.1) is 11.3 Å². The van der Waals surface area contributed by atoms with E-state index in [0.29, 0.717) is 0 Å². The molecule has 0 aromatic rings. The standard InChI is InChI=1S/C12H19N3O4S/c1-2-10(7-13)20(17,18)15-5-6-19-8-11(15)12(16)14-9-3-4-9/h9-11H,2-6,8H2,1H3,(H,14,16). The van der Waals surface area contributed by atoms with Crippen molar-refractivity contribution in [3.05, 3.63) is 0 Å². The molecule has 2 unspecified atom stereocenters. The van der Waals surface area contributed by atoms with E-state index in [1.807, 2.05) is 0 Å². The fraction of sp³-hybridized carbons (Fsp3) is 0.833. The first-order valence-corrected chi connectivity index (χ1v) is 8.29. The fourth-order valence-electron chi connectivity index (χ4n) is 2.16. The predicted molar refractivity (Wildman–Crippen MR) is 71.1 cm³/mol. The number of hydrogen-bond donors (Lipinski definition) is 1. The minimum absolute atomic E-state index is 0.0413. The lowest BCUT2D eigenvalue weighted by Crippen LogP contribution is -2.57. The molecule has 1 heterocycles. The number of carbonyl (C=O) groups excluding carboxylic acids is 1. The number of rotatable bonds is 5. The number of nitrogens with one attached hydrogen (secondary N) is 1. The Kier molecular flexibility index (Phi) is 4.62. The third-order valence-electron chi connectivity index (χ3n) is 3.51. The molecule has 1 aliphatic heterocycles. The van der Waals surface area contributed by atoms with Gasteiger partial charge in [-0.25, -0.2) is 8.42 Å². The molecule has 0 bridgehead atoms. The van der Waals surface area contributed by atoms with Gasteiger partial charge in [0.05, 0.1) is 19.3 Å². The van der Waals surface area contributed by atoms with Gasteiger partial charge in [0.1, 0.15) is 6.04 Å². The van der Waals surface area contributed by atoms with Gasteiger partial charge < -0.3 is 10.1 Å². The normalized spacial score (nSPS) is 25.7. The molecular formula is C12H19N3O4S. The SMILES string of the molecule is CCC(C#N)S(=O)(=O)N1CCOCC1C(=O)NC1CC1. The van der Waals surface area contributed by atoms with Crippen LogP contribution in [0.25, 0.3) is 0 Å². The molecule has 0 aromatic heterocycles. The lowest BCUT2D eigenvalue weighted by atomic mass is 10.2. The van der Waals surface area contributed by atoms with E-state index in [9.17, 15) is 13.2 Å². The first kappa shape index (κ1) is 15.2. The lowest BCUT2D eigenvalue weighted by molar-refractivity contribution is -0.129. The average Bonchev–Trinajstić information content (AvgIpc) is 3.23. The molecule has 1 saturated heterocycles. The number of sulfonamides is 1. The summed E-state index contributed by atoms with van der Waals surface area (Å²) in [5.74, 6) is -0.330. The van der Waals surface area contributed by atoms with Crippen LogP contribution in [0.4, 0.5) is 0 Å². The summed E-state index contributed by atoms with van der Waals surface area (Å²) in [6, 6.07) is 1.09. The molecule has 0 aromatic carbocycles. The third kappa shape index (κ3) is 3.11. The van der Waals surface area contributed by atoms with E-state index in [-0.39, 0.29) is 38.1 Å². The predicted octanol–water partition coefficient (Wildman–Crippen LogP) is -0.402. The second kappa shape index (κ2) is 6.08. The summed E-state index contributed by atoms with van der Waals surface area (Å²) >= 11 is 0. The van der Waals surface area contributed by atoms with Gasteiger partial charge in [-0.05, 0) is 19.3 Å². The fourth-order valence-corrected chi connectivity index (χ4v) is 3.88. The van der Waals surface area contributed by atoms with Crippen LogP contribution in [0.15, 0.2) is 0 Å². The zero-order valence-electron chi connectivity index (χ0n) is 11.4. The molecule has 1 amide bonds. The molecule has 0 radical (unpaired) electrons. The highest BCUT2D eigenvalue weighted by atomic mass is 32.2. The van der Waals surface area contributed by atoms with Crippen molar-refractivity contribution in [1.29, 1.82) is 5.26 Å². The molecule has 8 heteroatoms. The number of nitrogens with zero attached hydrogens (tertiary/aromatic N) is 2. The van der Waals surface area contributed by atoms with E-state index >= 15 is 0 Å². The maximum Gasteiger partial charge on any atom is 0.241 e. The van der Waals surface area contributed by atoms with Gasteiger partial charge in [-0.1, -0.05) is 6.92 Å². The van der Waals surface area contributed by atoms with Gasteiger partial charge >= 0.3 is 0 Å². The van der Waals surface area contributed by atoms with Gasteiger partial charge in [-0.2, -0.15) is 9.57 Å². The molecular weight excluding hydrogens is 282 g/mol. The van der Waals surface area contributed by atoms with Crippen molar-refractivity contribution < 1.29 is 17.9 Å². The summed E-state index contributed by atoms with van der Waals surface area (Å²) in [7, 11) is -3.80. The molecule has 0 spiro atoms. The molecule has 2 atom stereocenters. The summed E-state index contributed by atoms with van der Waals surface area (Å²) in [6.45, 7) is 2.04. The Hall–Kier alpha value is -1.17. The van der Waals surface area contributed by atoms with Crippen LogP contribution in [0.5, 0.6) is 0 Å². The van der Waals surface area contributed by atoms with Crippen molar-refractivity contribution in [1.82, 2.24) is 9.62 Å². The lowest BCUT2D eigenvalue weighted by Gasteiger charge is -2.34. The van der Waals surface area contributed by atoms with E-state index < -0.39 is 21.3 Å². The average molecular weight is 301 g/mol. The van der Waals surface area contributed by atoms with E-state index in [4.69, 9.17) is 10.00 Å². The quantitative estimate of drug-likeness (QED) is 0.744. The number of amides is 1. The Bertz CT molecular complexity index is 509.